The first-order chi connectivity index (χ1) is 13.2. The molecule has 3 aromatic rings. The lowest BCUT2D eigenvalue weighted by atomic mass is 10.1. The minimum Gasteiger partial charge on any atom is -0.508 e. The second-order valence-corrected chi connectivity index (χ2v) is 7.77. The van der Waals surface area contributed by atoms with Crippen LogP contribution >= 0.6 is 11.3 Å². The van der Waals surface area contributed by atoms with Crippen molar-refractivity contribution in [2.24, 2.45) is 0 Å². The molecular formula is C20H22N4O2S. The number of nitrogens with zero attached hydrogens (tertiary/aromatic N) is 4. The molecule has 1 amide bonds. The number of aromatic hydroxyl groups is 1. The summed E-state index contributed by atoms with van der Waals surface area (Å²) >= 11 is 1.72. The van der Waals surface area contributed by atoms with E-state index in [0.29, 0.717) is 18.7 Å². The van der Waals surface area contributed by atoms with Crippen molar-refractivity contribution in [3.8, 4) is 5.75 Å². The van der Waals surface area contributed by atoms with Gasteiger partial charge in [-0.3, -0.25) is 4.79 Å². The van der Waals surface area contributed by atoms with Crippen molar-refractivity contribution in [2.45, 2.75) is 19.8 Å². The van der Waals surface area contributed by atoms with Gasteiger partial charge in [0.2, 0.25) is 5.91 Å². The molecule has 6 nitrogen and oxygen atoms in total. The minimum absolute atomic E-state index is 0.0489. The van der Waals surface area contributed by atoms with Gasteiger partial charge in [-0.1, -0.05) is 25.1 Å². The Morgan fingerprint density at radius 1 is 1.19 bits per heavy atom. The molecule has 1 N–H and O–H groups in total. The van der Waals surface area contributed by atoms with E-state index < -0.39 is 0 Å². The lowest BCUT2D eigenvalue weighted by Crippen LogP contribution is -2.49. The maximum Gasteiger partial charge on any atom is 0.227 e. The fraction of sp³-hybridized carbons (Fsp3) is 0.350. The summed E-state index contributed by atoms with van der Waals surface area (Å²) in [5.74, 6) is 1.19. The number of rotatable bonds is 4. The van der Waals surface area contributed by atoms with Gasteiger partial charge < -0.3 is 14.9 Å². The number of hydrogen-bond donors (Lipinski definition) is 1. The maximum absolute atomic E-state index is 12.6. The summed E-state index contributed by atoms with van der Waals surface area (Å²) in [5.41, 5.74) is 0.674. The zero-order chi connectivity index (χ0) is 18.8. The van der Waals surface area contributed by atoms with Crippen LogP contribution in [0.5, 0.6) is 5.75 Å². The highest BCUT2D eigenvalue weighted by molar-refractivity contribution is 7.18. The first-order valence-corrected chi connectivity index (χ1v) is 10.0. The summed E-state index contributed by atoms with van der Waals surface area (Å²) in [6.45, 7) is 4.95. The summed E-state index contributed by atoms with van der Waals surface area (Å²) in [4.78, 5) is 27.9. The van der Waals surface area contributed by atoms with E-state index in [9.17, 15) is 9.90 Å². The number of carbonyl (C=O) groups is 1. The van der Waals surface area contributed by atoms with Crippen LogP contribution < -0.4 is 4.90 Å². The predicted molar refractivity (Wildman–Crippen MR) is 107 cm³/mol. The van der Waals surface area contributed by atoms with E-state index >= 15 is 0 Å². The fourth-order valence-corrected chi connectivity index (χ4v) is 4.35. The first kappa shape index (κ1) is 17.7. The number of benzene rings is 1. The Kier molecular flexibility index (Phi) is 4.94. The number of aromatic nitrogens is 2. The summed E-state index contributed by atoms with van der Waals surface area (Å²) < 4.78 is 0. The molecule has 4 rings (SSSR count). The number of hydrogen-bond acceptors (Lipinski definition) is 6. The maximum atomic E-state index is 12.6. The van der Waals surface area contributed by atoms with Crippen molar-refractivity contribution in [3.63, 3.8) is 0 Å². The Bertz CT molecular complexity index is 964. The number of fused-ring (bicyclic) bond motifs is 1. The van der Waals surface area contributed by atoms with Gasteiger partial charge in [0.05, 0.1) is 11.8 Å². The van der Waals surface area contributed by atoms with E-state index in [1.54, 1.807) is 35.9 Å². The minimum atomic E-state index is 0.0489. The van der Waals surface area contributed by atoms with Crippen molar-refractivity contribution in [1.29, 1.82) is 0 Å². The predicted octanol–water partition coefficient (Wildman–Crippen LogP) is 2.85. The van der Waals surface area contributed by atoms with Gasteiger partial charge in [0, 0.05) is 36.6 Å². The number of amides is 1. The monoisotopic (exact) mass is 382 g/mol. The van der Waals surface area contributed by atoms with Crippen molar-refractivity contribution < 1.29 is 9.90 Å². The average molecular weight is 382 g/mol. The van der Waals surface area contributed by atoms with Gasteiger partial charge in [-0.15, -0.1) is 11.3 Å². The molecule has 1 fully saturated rings. The molecule has 0 unspecified atom stereocenters. The smallest absolute Gasteiger partial charge is 0.227 e. The molecule has 1 saturated heterocycles. The molecule has 140 valence electrons. The second-order valence-electron chi connectivity index (χ2n) is 6.66. The van der Waals surface area contributed by atoms with Gasteiger partial charge >= 0.3 is 0 Å². The molecule has 7 heteroatoms. The third-order valence-corrected chi connectivity index (χ3v) is 6.16. The van der Waals surface area contributed by atoms with Gasteiger partial charge in [0.1, 0.15) is 22.7 Å². The summed E-state index contributed by atoms with van der Waals surface area (Å²) in [5, 5.41) is 11.0. The van der Waals surface area contributed by atoms with Crippen molar-refractivity contribution >= 4 is 33.3 Å². The van der Waals surface area contributed by atoms with Crippen LogP contribution in [0.25, 0.3) is 10.2 Å². The molecule has 3 heterocycles. The van der Waals surface area contributed by atoms with E-state index in [-0.39, 0.29) is 18.1 Å². The molecule has 1 aromatic carbocycles. The second kappa shape index (κ2) is 7.52. The van der Waals surface area contributed by atoms with Crippen LogP contribution in [-0.2, 0) is 17.6 Å². The van der Waals surface area contributed by atoms with Crippen molar-refractivity contribution in [2.75, 3.05) is 31.1 Å². The zero-order valence-electron chi connectivity index (χ0n) is 15.3. The largest absolute Gasteiger partial charge is 0.508 e. The van der Waals surface area contributed by atoms with E-state index in [1.807, 2.05) is 11.0 Å². The highest BCUT2D eigenvalue weighted by atomic mass is 32.1. The number of anilines is 1. The normalized spacial score (nSPS) is 14.7. The number of aryl methyl sites for hydroxylation is 1. The number of piperazine rings is 1. The molecule has 0 atom stereocenters. The quantitative estimate of drug-likeness (QED) is 0.751. The van der Waals surface area contributed by atoms with Gasteiger partial charge in [0.25, 0.3) is 0 Å². The Morgan fingerprint density at radius 2 is 1.96 bits per heavy atom. The van der Waals surface area contributed by atoms with Gasteiger partial charge in [-0.25, -0.2) is 9.97 Å². The van der Waals surface area contributed by atoms with E-state index in [1.165, 1.54) is 4.88 Å². The molecule has 0 radical (unpaired) electrons. The topological polar surface area (TPSA) is 69.6 Å². The number of phenolic OH excluding ortho intramolecular Hbond substituents is 1. The number of thiophene rings is 1. The third-order valence-electron chi connectivity index (χ3n) is 4.97. The third kappa shape index (κ3) is 3.60. The van der Waals surface area contributed by atoms with Gasteiger partial charge in [-0.2, -0.15) is 0 Å². The number of carbonyl (C=O) groups excluding carboxylic acids is 1. The Balaban J connectivity index is 1.44. The molecule has 1 aliphatic heterocycles. The first-order valence-electron chi connectivity index (χ1n) is 9.18. The molecule has 2 aromatic heterocycles. The highest BCUT2D eigenvalue weighted by Gasteiger charge is 2.24. The summed E-state index contributed by atoms with van der Waals surface area (Å²) in [6, 6.07) is 9.20. The summed E-state index contributed by atoms with van der Waals surface area (Å²) in [7, 11) is 0. The van der Waals surface area contributed by atoms with Gasteiger partial charge in [0.15, 0.2) is 0 Å². The molecule has 1 aliphatic rings. The van der Waals surface area contributed by atoms with Crippen LogP contribution in [0.3, 0.4) is 0 Å². The van der Waals surface area contributed by atoms with E-state index in [4.69, 9.17) is 0 Å². The molecule has 0 bridgehead atoms. The Morgan fingerprint density at radius 3 is 2.70 bits per heavy atom. The van der Waals surface area contributed by atoms with Crippen LogP contribution in [-0.4, -0.2) is 52.1 Å². The molecule has 0 spiro atoms. The molecule has 0 aliphatic carbocycles. The fourth-order valence-electron chi connectivity index (χ4n) is 3.42. The van der Waals surface area contributed by atoms with Gasteiger partial charge in [-0.05, 0) is 18.6 Å². The number of para-hydroxylation sites is 1. The standard InChI is InChI=1S/C20H22N4O2S/c1-2-15-12-16-19(21-13-22-20(16)27-15)24-9-7-23(8-10-24)18(26)11-14-5-3-4-6-17(14)25/h3-6,12-13,25H,2,7-11H2,1H3. The Labute approximate surface area is 162 Å². The number of phenols is 1. The van der Waals surface area contributed by atoms with Crippen LogP contribution in [0.1, 0.15) is 17.4 Å². The summed E-state index contributed by atoms with van der Waals surface area (Å²) in [6.07, 6.45) is 2.85. The van der Waals surface area contributed by atoms with Crippen molar-refractivity contribution in [3.05, 3.63) is 47.1 Å². The molecule has 27 heavy (non-hydrogen) atoms. The lowest BCUT2D eigenvalue weighted by Gasteiger charge is -2.35. The molecular weight excluding hydrogens is 360 g/mol. The Hall–Kier alpha value is -2.67. The lowest BCUT2D eigenvalue weighted by molar-refractivity contribution is -0.130. The van der Waals surface area contributed by atoms with Crippen molar-refractivity contribution in [1.82, 2.24) is 14.9 Å². The highest BCUT2D eigenvalue weighted by Crippen LogP contribution is 2.31. The SMILES string of the molecule is CCc1cc2c(N3CCN(C(=O)Cc4ccccc4O)CC3)ncnc2s1. The van der Waals surface area contributed by atoms with Crippen LogP contribution in [0.2, 0.25) is 0 Å². The van der Waals surface area contributed by atoms with E-state index in [0.717, 1.165) is 35.5 Å². The molecule has 0 saturated carbocycles. The van der Waals surface area contributed by atoms with Crippen LogP contribution in [0, 0.1) is 0 Å². The zero-order valence-corrected chi connectivity index (χ0v) is 16.1. The van der Waals surface area contributed by atoms with Crippen LogP contribution in [0.15, 0.2) is 36.7 Å². The average Bonchev–Trinajstić information content (AvgIpc) is 3.13. The van der Waals surface area contributed by atoms with E-state index in [2.05, 4.69) is 27.9 Å². The van der Waals surface area contributed by atoms with Crippen LogP contribution in [0.4, 0.5) is 5.82 Å².